The molecule has 1 fully saturated rings. The number of anilines is 1. The first-order valence-electron chi connectivity index (χ1n) is 10.1. The number of fused-ring (bicyclic) bond motifs is 1. The fraction of sp³-hybridized carbons (Fsp3) is 0.292. The molecule has 0 radical (unpaired) electrons. The Bertz CT molecular complexity index is 1030. The van der Waals surface area contributed by atoms with E-state index in [1.54, 1.807) is 38.5 Å². The molecule has 4 rings (SSSR count). The Balaban J connectivity index is 1.56. The second-order valence-electron chi connectivity index (χ2n) is 7.73. The van der Waals surface area contributed by atoms with Gasteiger partial charge in [0.25, 0.3) is 0 Å². The minimum Gasteiger partial charge on any atom is -0.497 e. The lowest BCUT2D eigenvalue weighted by Crippen LogP contribution is -2.48. The third-order valence-corrected chi connectivity index (χ3v) is 5.81. The third-order valence-electron chi connectivity index (χ3n) is 5.81. The highest BCUT2D eigenvalue weighted by Gasteiger charge is 2.44. The molecule has 0 bridgehead atoms. The van der Waals surface area contributed by atoms with Crippen molar-refractivity contribution in [2.24, 2.45) is 11.8 Å². The molecule has 7 heteroatoms. The van der Waals surface area contributed by atoms with E-state index in [2.05, 4.69) is 10.6 Å². The molecule has 160 valence electrons. The molecule has 1 saturated heterocycles. The molecular weight excluding hydrogens is 396 g/mol. The normalized spacial score (nSPS) is 22.6. The Morgan fingerprint density at radius 2 is 1.55 bits per heavy atom. The summed E-state index contributed by atoms with van der Waals surface area (Å²) < 4.78 is 10.3. The van der Waals surface area contributed by atoms with Crippen molar-refractivity contribution in [2.75, 3.05) is 19.5 Å². The summed E-state index contributed by atoms with van der Waals surface area (Å²) >= 11 is 0. The maximum absolute atomic E-state index is 13.1. The van der Waals surface area contributed by atoms with Crippen LogP contribution in [0.4, 0.5) is 5.69 Å². The van der Waals surface area contributed by atoms with Gasteiger partial charge in [0, 0.05) is 30.1 Å². The van der Waals surface area contributed by atoms with Gasteiger partial charge in [-0.3, -0.25) is 14.4 Å². The Morgan fingerprint density at radius 1 is 0.935 bits per heavy atom. The highest BCUT2D eigenvalue weighted by Crippen LogP contribution is 2.39. The average Bonchev–Trinajstić information content (AvgIpc) is 2.78. The van der Waals surface area contributed by atoms with E-state index in [0.717, 1.165) is 11.3 Å². The summed E-state index contributed by atoms with van der Waals surface area (Å²) in [7, 11) is 3.16. The van der Waals surface area contributed by atoms with Crippen LogP contribution in [-0.2, 0) is 14.4 Å². The molecule has 0 saturated carbocycles. The number of methoxy groups -OCH3 is 2. The molecule has 1 heterocycles. The van der Waals surface area contributed by atoms with Crippen molar-refractivity contribution < 1.29 is 23.9 Å². The van der Waals surface area contributed by atoms with Crippen molar-refractivity contribution in [1.29, 1.82) is 0 Å². The largest absolute Gasteiger partial charge is 0.497 e. The highest BCUT2D eigenvalue weighted by molar-refractivity contribution is 6.02. The zero-order chi connectivity index (χ0) is 22.0. The highest BCUT2D eigenvalue weighted by atomic mass is 16.5. The molecule has 2 aromatic rings. The smallest absolute Gasteiger partial charge is 0.229 e. The number of allylic oxidation sites excluding steroid dienone is 2. The van der Waals surface area contributed by atoms with E-state index in [0.29, 0.717) is 17.1 Å². The number of ether oxygens (including phenoxy) is 2. The molecule has 2 N–H and O–H groups in total. The number of ketones is 1. The molecule has 2 amide bonds. The van der Waals surface area contributed by atoms with Crippen LogP contribution in [0.25, 0.3) is 0 Å². The van der Waals surface area contributed by atoms with Crippen LogP contribution >= 0.6 is 0 Å². The summed E-state index contributed by atoms with van der Waals surface area (Å²) in [5, 5.41) is 5.64. The van der Waals surface area contributed by atoms with Crippen molar-refractivity contribution in [2.45, 2.75) is 18.8 Å². The van der Waals surface area contributed by atoms with E-state index in [9.17, 15) is 14.4 Å². The first kappa shape index (κ1) is 20.7. The molecule has 2 aromatic carbocycles. The maximum atomic E-state index is 13.1. The molecule has 0 spiro atoms. The van der Waals surface area contributed by atoms with Crippen molar-refractivity contribution in [3.8, 4) is 11.5 Å². The van der Waals surface area contributed by atoms with Crippen LogP contribution in [0.2, 0.25) is 0 Å². The SMILES string of the molecule is COc1ccc(NC(=O)[C@@H]2CC(=O)NC3=C[C@H](c4ccc(OC)cc4)CC(=O)[C@H]32)cc1. The molecule has 3 atom stereocenters. The quantitative estimate of drug-likeness (QED) is 0.776. The molecule has 7 nitrogen and oxygen atoms in total. The zero-order valence-electron chi connectivity index (χ0n) is 17.4. The number of piperidine rings is 1. The number of Topliss-reactive ketones (excluding diaryl/α,β-unsaturated/α-hetero) is 1. The number of carbonyl (C=O) groups excluding carboxylic acids is 3. The Hall–Kier alpha value is -3.61. The van der Waals surface area contributed by atoms with Gasteiger partial charge in [0.2, 0.25) is 11.8 Å². The van der Waals surface area contributed by atoms with Gasteiger partial charge in [-0.2, -0.15) is 0 Å². The summed E-state index contributed by atoms with van der Waals surface area (Å²) in [6.45, 7) is 0. The molecule has 1 aliphatic carbocycles. The Morgan fingerprint density at radius 3 is 2.16 bits per heavy atom. The molecule has 1 aliphatic heterocycles. The topological polar surface area (TPSA) is 93.7 Å². The third kappa shape index (κ3) is 4.30. The van der Waals surface area contributed by atoms with E-state index in [1.807, 2.05) is 30.3 Å². The van der Waals surface area contributed by atoms with Crippen molar-refractivity contribution >= 4 is 23.3 Å². The van der Waals surface area contributed by atoms with Crippen molar-refractivity contribution in [3.63, 3.8) is 0 Å². The molecule has 31 heavy (non-hydrogen) atoms. The minimum absolute atomic E-state index is 0.0249. The molecule has 0 aromatic heterocycles. The van der Waals surface area contributed by atoms with Crippen LogP contribution in [0.15, 0.2) is 60.3 Å². The Labute approximate surface area is 180 Å². The summed E-state index contributed by atoms with van der Waals surface area (Å²) in [5.74, 6) is -0.795. The second kappa shape index (κ2) is 8.63. The summed E-state index contributed by atoms with van der Waals surface area (Å²) in [6.07, 6.45) is 2.16. The summed E-state index contributed by atoms with van der Waals surface area (Å²) in [6, 6.07) is 14.4. The molecule has 2 aliphatic rings. The molecular formula is C24H24N2O5. The number of hydrogen-bond donors (Lipinski definition) is 2. The lowest BCUT2D eigenvalue weighted by molar-refractivity contribution is -0.136. The van der Waals surface area contributed by atoms with Gasteiger partial charge in [0.15, 0.2) is 0 Å². The van der Waals surface area contributed by atoms with E-state index in [1.165, 1.54) is 0 Å². The van der Waals surface area contributed by atoms with Gasteiger partial charge in [-0.15, -0.1) is 0 Å². The van der Waals surface area contributed by atoms with Gasteiger partial charge in [-0.05, 0) is 42.0 Å². The van der Waals surface area contributed by atoms with E-state index in [4.69, 9.17) is 9.47 Å². The number of benzene rings is 2. The monoisotopic (exact) mass is 420 g/mol. The predicted molar refractivity (Wildman–Crippen MR) is 115 cm³/mol. The van der Waals surface area contributed by atoms with E-state index >= 15 is 0 Å². The lowest BCUT2D eigenvalue weighted by Gasteiger charge is -2.36. The van der Waals surface area contributed by atoms with Gasteiger partial charge in [-0.1, -0.05) is 18.2 Å². The number of rotatable bonds is 5. The van der Waals surface area contributed by atoms with Crippen molar-refractivity contribution in [1.82, 2.24) is 5.32 Å². The van der Waals surface area contributed by atoms with Crippen molar-refractivity contribution in [3.05, 3.63) is 65.9 Å². The minimum atomic E-state index is -0.744. The summed E-state index contributed by atoms with van der Waals surface area (Å²) in [5.41, 5.74) is 2.06. The van der Waals surface area contributed by atoms with Gasteiger partial charge in [0.05, 0.1) is 26.1 Å². The average molecular weight is 420 g/mol. The Kier molecular flexibility index (Phi) is 5.75. The fourth-order valence-corrected chi connectivity index (χ4v) is 4.21. The van der Waals surface area contributed by atoms with Crippen LogP contribution < -0.4 is 20.1 Å². The number of nitrogens with one attached hydrogen (secondary N) is 2. The number of hydrogen-bond acceptors (Lipinski definition) is 5. The second-order valence-corrected chi connectivity index (χ2v) is 7.73. The van der Waals surface area contributed by atoms with Gasteiger partial charge in [0.1, 0.15) is 17.3 Å². The van der Waals surface area contributed by atoms with E-state index in [-0.39, 0.29) is 36.4 Å². The maximum Gasteiger partial charge on any atom is 0.229 e. The summed E-state index contributed by atoms with van der Waals surface area (Å²) in [4.78, 5) is 38.4. The van der Waals surface area contributed by atoms with Gasteiger partial charge in [-0.25, -0.2) is 0 Å². The standard InChI is InChI=1S/C24H24N2O5/c1-30-17-7-3-14(4-8-17)15-11-20-23(21(27)12-15)19(13-22(28)26-20)24(29)25-16-5-9-18(31-2)10-6-16/h3-11,15,19,23H,12-13H2,1-2H3,(H,25,29)(H,26,28)/t15-,19+,23-/m0/s1. The van der Waals surface area contributed by atoms with Crippen LogP contribution in [0, 0.1) is 11.8 Å². The number of carbonyl (C=O) groups is 3. The van der Waals surface area contributed by atoms with Crippen LogP contribution in [0.3, 0.4) is 0 Å². The molecule has 0 unspecified atom stereocenters. The van der Waals surface area contributed by atoms with Crippen LogP contribution in [-0.4, -0.2) is 31.8 Å². The lowest BCUT2D eigenvalue weighted by atomic mass is 9.72. The van der Waals surface area contributed by atoms with Crippen LogP contribution in [0.5, 0.6) is 11.5 Å². The first-order chi connectivity index (χ1) is 15.0. The van der Waals surface area contributed by atoms with Gasteiger partial charge >= 0.3 is 0 Å². The zero-order valence-corrected chi connectivity index (χ0v) is 17.4. The first-order valence-corrected chi connectivity index (χ1v) is 10.1. The predicted octanol–water partition coefficient (Wildman–Crippen LogP) is 3.04. The van der Waals surface area contributed by atoms with Crippen LogP contribution in [0.1, 0.15) is 24.3 Å². The number of amides is 2. The van der Waals surface area contributed by atoms with Gasteiger partial charge < -0.3 is 20.1 Å². The fourth-order valence-electron chi connectivity index (χ4n) is 4.21. The van der Waals surface area contributed by atoms with E-state index < -0.39 is 11.8 Å².